The first kappa shape index (κ1) is 16.2. The number of benzene rings is 1. The molecule has 108 valence electrons. The Morgan fingerprint density at radius 3 is 2.63 bits per heavy atom. The van der Waals surface area contributed by atoms with Gasteiger partial charge >= 0.3 is 6.61 Å². The molecule has 0 heterocycles. The molecule has 1 aromatic carbocycles. The van der Waals surface area contributed by atoms with Crippen LogP contribution in [0.3, 0.4) is 0 Å². The lowest BCUT2D eigenvalue weighted by molar-refractivity contribution is -0.0510. The van der Waals surface area contributed by atoms with E-state index >= 15 is 0 Å². The fourth-order valence-electron chi connectivity index (χ4n) is 1.89. The highest BCUT2D eigenvalue weighted by atomic mass is 32.2. The van der Waals surface area contributed by atoms with Crippen molar-refractivity contribution in [2.75, 3.05) is 32.1 Å². The van der Waals surface area contributed by atoms with Crippen LogP contribution in [0.15, 0.2) is 24.3 Å². The number of nitrogens with two attached hydrogens (primary N) is 1. The summed E-state index contributed by atoms with van der Waals surface area (Å²) in [5.74, 6) is 1.16. The van der Waals surface area contributed by atoms with Gasteiger partial charge in [0.05, 0.1) is 6.04 Å². The van der Waals surface area contributed by atoms with E-state index in [1.165, 1.54) is 0 Å². The number of nitrogens with zero attached hydrogens (tertiary/aromatic N) is 1. The monoisotopic (exact) mass is 290 g/mol. The fraction of sp³-hybridized carbons (Fsp3) is 0.538. The molecule has 0 bridgehead atoms. The van der Waals surface area contributed by atoms with Crippen LogP contribution in [0.1, 0.15) is 11.6 Å². The van der Waals surface area contributed by atoms with E-state index in [9.17, 15) is 8.78 Å². The molecule has 6 heteroatoms. The molecule has 3 nitrogen and oxygen atoms in total. The second-order valence-electron chi connectivity index (χ2n) is 4.14. The van der Waals surface area contributed by atoms with Crippen LogP contribution in [-0.2, 0) is 0 Å². The smallest absolute Gasteiger partial charge is 0.387 e. The number of halogens is 2. The first-order chi connectivity index (χ1) is 9.10. The van der Waals surface area contributed by atoms with Gasteiger partial charge in [-0.05, 0) is 19.4 Å². The van der Waals surface area contributed by atoms with Gasteiger partial charge in [0.15, 0.2) is 0 Å². The van der Waals surface area contributed by atoms with Crippen molar-refractivity contribution < 1.29 is 13.5 Å². The van der Waals surface area contributed by atoms with Crippen LogP contribution in [0.5, 0.6) is 5.75 Å². The summed E-state index contributed by atoms with van der Waals surface area (Å²) in [6.45, 7) is -1.63. The number of likely N-dealkylation sites (N-methyl/N-ethyl adjacent to an activating group) is 1. The molecule has 0 saturated carbocycles. The predicted octanol–water partition coefficient (Wildman–Crippen LogP) is 2.58. The van der Waals surface area contributed by atoms with Crippen molar-refractivity contribution in [3.8, 4) is 5.75 Å². The van der Waals surface area contributed by atoms with Crippen LogP contribution in [-0.4, -0.2) is 43.7 Å². The van der Waals surface area contributed by atoms with E-state index in [0.717, 1.165) is 12.3 Å². The van der Waals surface area contributed by atoms with Gasteiger partial charge in [-0.25, -0.2) is 0 Å². The maximum absolute atomic E-state index is 12.4. The van der Waals surface area contributed by atoms with Crippen LogP contribution < -0.4 is 10.5 Å². The van der Waals surface area contributed by atoms with Gasteiger partial charge in [-0.1, -0.05) is 18.2 Å². The third-order valence-electron chi connectivity index (χ3n) is 2.90. The number of rotatable bonds is 8. The average Bonchev–Trinajstić information content (AvgIpc) is 2.38. The first-order valence-electron chi connectivity index (χ1n) is 6.03. The van der Waals surface area contributed by atoms with Gasteiger partial charge in [-0.2, -0.15) is 20.5 Å². The SMILES string of the molecule is CSCCN(C)C(CN)c1ccccc1OC(F)F. The minimum absolute atomic E-state index is 0.123. The normalized spacial score (nSPS) is 13.0. The molecule has 1 rings (SSSR count). The Labute approximate surface area is 117 Å². The molecular formula is C13H20F2N2OS. The van der Waals surface area contributed by atoms with Gasteiger partial charge in [0.1, 0.15) is 5.75 Å². The molecule has 0 amide bonds. The van der Waals surface area contributed by atoms with Crippen LogP contribution in [0.25, 0.3) is 0 Å². The van der Waals surface area contributed by atoms with E-state index in [-0.39, 0.29) is 11.8 Å². The summed E-state index contributed by atoms with van der Waals surface area (Å²) in [6.07, 6.45) is 2.03. The maximum Gasteiger partial charge on any atom is 0.387 e. The Morgan fingerprint density at radius 1 is 1.37 bits per heavy atom. The summed E-state index contributed by atoms with van der Waals surface area (Å²) in [5.41, 5.74) is 6.49. The predicted molar refractivity (Wildman–Crippen MR) is 75.9 cm³/mol. The molecule has 0 saturated heterocycles. The lowest BCUT2D eigenvalue weighted by Gasteiger charge is -2.28. The third-order valence-corrected chi connectivity index (χ3v) is 3.49. The number of alkyl halides is 2. The summed E-state index contributed by atoms with van der Waals surface area (Å²) in [4.78, 5) is 2.06. The van der Waals surface area contributed by atoms with Gasteiger partial charge in [0.25, 0.3) is 0 Å². The molecule has 1 aromatic rings. The largest absolute Gasteiger partial charge is 0.434 e. The van der Waals surface area contributed by atoms with Gasteiger partial charge < -0.3 is 10.5 Å². The number of thioether (sulfide) groups is 1. The minimum Gasteiger partial charge on any atom is -0.434 e. The second-order valence-corrected chi connectivity index (χ2v) is 5.13. The van der Waals surface area contributed by atoms with Crippen molar-refractivity contribution in [2.45, 2.75) is 12.7 Å². The lowest BCUT2D eigenvalue weighted by atomic mass is 10.0. The average molecular weight is 290 g/mol. The maximum atomic E-state index is 12.4. The van der Waals surface area contributed by atoms with Crippen molar-refractivity contribution in [3.05, 3.63) is 29.8 Å². The zero-order valence-electron chi connectivity index (χ0n) is 11.2. The molecule has 0 aliphatic heterocycles. The van der Waals surface area contributed by atoms with Crippen molar-refractivity contribution >= 4 is 11.8 Å². The van der Waals surface area contributed by atoms with Gasteiger partial charge in [0, 0.05) is 24.4 Å². The Kier molecular flexibility index (Phi) is 7.12. The number of hydrogen-bond acceptors (Lipinski definition) is 4. The molecule has 0 aliphatic carbocycles. The summed E-state index contributed by atoms with van der Waals surface area (Å²) in [7, 11) is 1.94. The Bertz CT molecular complexity index is 379. The lowest BCUT2D eigenvalue weighted by Crippen LogP contribution is -2.32. The van der Waals surface area contributed by atoms with E-state index in [4.69, 9.17) is 5.73 Å². The fourth-order valence-corrected chi connectivity index (χ4v) is 2.37. The van der Waals surface area contributed by atoms with Gasteiger partial charge in [-0.3, -0.25) is 4.90 Å². The Morgan fingerprint density at radius 2 is 2.05 bits per heavy atom. The number of para-hydroxylation sites is 1. The van der Waals surface area contributed by atoms with Crippen LogP contribution in [0.4, 0.5) is 8.78 Å². The van der Waals surface area contributed by atoms with E-state index in [0.29, 0.717) is 12.1 Å². The molecule has 1 atom stereocenters. The highest BCUT2D eigenvalue weighted by Crippen LogP contribution is 2.29. The summed E-state index contributed by atoms with van der Waals surface area (Å²) >= 11 is 1.73. The molecule has 0 aromatic heterocycles. The van der Waals surface area contributed by atoms with Crippen LogP contribution in [0, 0.1) is 0 Å². The summed E-state index contributed by atoms with van der Waals surface area (Å²) in [6, 6.07) is 6.69. The van der Waals surface area contributed by atoms with Crippen LogP contribution in [0.2, 0.25) is 0 Å². The number of ether oxygens (including phenoxy) is 1. The van der Waals surface area contributed by atoms with E-state index in [1.54, 1.807) is 36.0 Å². The standard InChI is InChI=1S/C13H20F2N2OS/c1-17(7-8-19-2)11(9-16)10-5-3-4-6-12(10)18-13(14)15/h3-6,11,13H,7-9,16H2,1-2H3. The summed E-state index contributed by atoms with van der Waals surface area (Å²) < 4.78 is 29.4. The van der Waals surface area contributed by atoms with Crippen molar-refractivity contribution in [2.24, 2.45) is 5.73 Å². The highest BCUT2D eigenvalue weighted by molar-refractivity contribution is 7.98. The van der Waals surface area contributed by atoms with E-state index in [1.807, 2.05) is 13.3 Å². The van der Waals surface area contributed by atoms with Crippen molar-refractivity contribution in [3.63, 3.8) is 0 Å². The summed E-state index contributed by atoms with van der Waals surface area (Å²) in [5, 5.41) is 0. The van der Waals surface area contributed by atoms with Gasteiger partial charge in [0.2, 0.25) is 0 Å². The highest BCUT2D eigenvalue weighted by Gasteiger charge is 2.20. The molecule has 2 N–H and O–H groups in total. The van der Waals surface area contributed by atoms with E-state index < -0.39 is 6.61 Å². The Hall–Kier alpha value is -0.850. The zero-order valence-corrected chi connectivity index (χ0v) is 12.0. The van der Waals surface area contributed by atoms with E-state index in [2.05, 4.69) is 9.64 Å². The first-order valence-corrected chi connectivity index (χ1v) is 7.42. The molecule has 19 heavy (non-hydrogen) atoms. The second kappa shape index (κ2) is 8.35. The molecule has 0 aliphatic rings. The van der Waals surface area contributed by atoms with Gasteiger partial charge in [-0.15, -0.1) is 0 Å². The molecule has 1 unspecified atom stereocenters. The topological polar surface area (TPSA) is 38.5 Å². The zero-order chi connectivity index (χ0) is 14.3. The molecular weight excluding hydrogens is 270 g/mol. The molecule has 0 radical (unpaired) electrons. The Balaban J connectivity index is 2.90. The third kappa shape index (κ3) is 4.97. The van der Waals surface area contributed by atoms with Crippen molar-refractivity contribution in [1.82, 2.24) is 4.90 Å². The van der Waals surface area contributed by atoms with Crippen LogP contribution >= 0.6 is 11.8 Å². The minimum atomic E-state index is -2.82. The molecule has 0 spiro atoms. The quantitative estimate of drug-likeness (QED) is 0.798. The molecule has 0 fully saturated rings. The van der Waals surface area contributed by atoms with Crippen molar-refractivity contribution in [1.29, 1.82) is 0 Å². The number of hydrogen-bond donors (Lipinski definition) is 1.